The highest BCUT2D eigenvalue weighted by molar-refractivity contribution is 6.14. The van der Waals surface area contributed by atoms with Gasteiger partial charge in [-0.05, 0) is 11.6 Å². The summed E-state index contributed by atoms with van der Waals surface area (Å²) in [5.74, 6) is -0.246. The number of carbonyl (C=O) groups is 1. The number of benzene rings is 2. The van der Waals surface area contributed by atoms with Gasteiger partial charge in [-0.1, -0.05) is 66.7 Å². The highest BCUT2D eigenvalue weighted by Crippen LogP contribution is 2.28. The zero-order valence-electron chi connectivity index (χ0n) is 16.8. The van der Waals surface area contributed by atoms with Gasteiger partial charge in [-0.2, -0.15) is 5.10 Å². The van der Waals surface area contributed by atoms with E-state index in [4.69, 9.17) is 4.74 Å². The first kappa shape index (κ1) is 19.8. The zero-order valence-corrected chi connectivity index (χ0v) is 16.8. The molecule has 0 aliphatic carbocycles. The van der Waals surface area contributed by atoms with Crippen molar-refractivity contribution in [3.05, 3.63) is 88.2 Å². The number of hydrogen-bond donors (Lipinski definition) is 0. The van der Waals surface area contributed by atoms with Crippen LogP contribution in [0.15, 0.2) is 71.5 Å². The third-order valence-corrected chi connectivity index (χ3v) is 5.07. The molecule has 0 unspecified atom stereocenters. The summed E-state index contributed by atoms with van der Waals surface area (Å²) in [5, 5.41) is 4.47. The minimum absolute atomic E-state index is 0.246. The molecule has 4 rings (SSSR count). The van der Waals surface area contributed by atoms with Crippen molar-refractivity contribution in [2.45, 2.75) is 0 Å². The second-order valence-electron chi connectivity index (χ2n) is 7.07. The highest BCUT2D eigenvalue weighted by Gasteiger charge is 2.27. The molecule has 1 aliphatic rings. The minimum Gasteiger partial charge on any atom is -0.378 e. The fourth-order valence-corrected chi connectivity index (χ4v) is 3.55. The summed E-state index contributed by atoms with van der Waals surface area (Å²) in [4.78, 5) is 28.4. The van der Waals surface area contributed by atoms with Crippen LogP contribution in [0.2, 0.25) is 0 Å². The molecule has 0 radical (unpaired) electrons. The lowest BCUT2D eigenvalue weighted by atomic mass is 10.00. The molecule has 0 amide bonds. The Morgan fingerprint density at radius 3 is 2.30 bits per heavy atom. The maximum atomic E-state index is 13.4. The van der Waals surface area contributed by atoms with Crippen molar-refractivity contribution in [1.29, 1.82) is 0 Å². The van der Waals surface area contributed by atoms with E-state index in [2.05, 4.69) is 5.10 Å². The second-order valence-corrected chi connectivity index (χ2v) is 7.07. The molecule has 0 saturated carbocycles. The van der Waals surface area contributed by atoms with E-state index in [0.717, 1.165) is 11.1 Å². The van der Waals surface area contributed by atoms with Crippen molar-refractivity contribution in [2.24, 2.45) is 7.05 Å². The van der Waals surface area contributed by atoms with Crippen LogP contribution in [0, 0.1) is 0 Å². The molecule has 1 saturated heterocycles. The Morgan fingerprint density at radius 2 is 1.63 bits per heavy atom. The van der Waals surface area contributed by atoms with Crippen molar-refractivity contribution >= 4 is 17.5 Å². The number of hydrogen-bond acceptors (Lipinski definition) is 5. The van der Waals surface area contributed by atoms with Crippen molar-refractivity contribution in [1.82, 2.24) is 9.78 Å². The molecule has 1 aliphatic heterocycles. The number of carbonyl (C=O) groups excluding carboxylic acids is 1. The number of nitrogens with zero attached hydrogens (tertiary/aromatic N) is 3. The van der Waals surface area contributed by atoms with E-state index in [0.29, 0.717) is 43.2 Å². The lowest BCUT2D eigenvalue weighted by Gasteiger charge is -2.30. The molecule has 0 bridgehead atoms. The maximum absolute atomic E-state index is 13.4. The normalized spacial score (nSPS) is 14.2. The summed E-state index contributed by atoms with van der Waals surface area (Å²) in [6.45, 7) is 2.13. The standard InChI is InChI=1S/C24H23N3O3/c1-26-24(29)23(27-14-16-30-17-15-27)21(22(25-26)19-10-6-3-7-11-19)20(28)13-12-18-8-4-2-5-9-18/h2-13H,14-17H2,1H3/b13-12-. The van der Waals surface area contributed by atoms with Crippen LogP contribution in [-0.2, 0) is 11.8 Å². The third-order valence-electron chi connectivity index (χ3n) is 5.07. The molecular formula is C24H23N3O3. The molecule has 0 atom stereocenters. The van der Waals surface area contributed by atoms with E-state index in [-0.39, 0.29) is 11.3 Å². The molecule has 6 nitrogen and oxygen atoms in total. The van der Waals surface area contributed by atoms with Gasteiger partial charge < -0.3 is 9.64 Å². The number of morpholine rings is 1. The first-order valence-corrected chi connectivity index (χ1v) is 9.92. The minimum atomic E-state index is -0.284. The average Bonchev–Trinajstić information content (AvgIpc) is 2.80. The molecule has 0 spiro atoms. The number of ketones is 1. The van der Waals surface area contributed by atoms with Gasteiger partial charge in [-0.15, -0.1) is 0 Å². The Bertz CT molecular complexity index is 1120. The van der Waals surface area contributed by atoms with Gasteiger partial charge in [0.2, 0.25) is 0 Å². The molecule has 1 fully saturated rings. The molecule has 0 N–H and O–H groups in total. The zero-order chi connectivity index (χ0) is 20.9. The first-order valence-electron chi connectivity index (χ1n) is 9.92. The Hall–Kier alpha value is -3.51. The lowest BCUT2D eigenvalue weighted by Crippen LogP contribution is -2.42. The van der Waals surface area contributed by atoms with Crippen LogP contribution < -0.4 is 10.5 Å². The van der Waals surface area contributed by atoms with Crippen LogP contribution >= 0.6 is 0 Å². The van der Waals surface area contributed by atoms with Crippen molar-refractivity contribution in [2.75, 3.05) is 31.2 Å². The lowest BCUT2D eigenvalue weighted by molar-refractivity contribution is 0.104. The fourth-order valence-electron chi connectivity index (χ4n) is 3.55. The van der Waals surface area contributed by atoms with E-state index in [1.54, 1.807) is 13.1 Å². The number of allylic oxidation sites excluding steroid dienone is 1. The van der Waals surface area contributed by atoms with Crippen LogP contribution in [0.4, 0.5) is 5.69 Å². The Balaban J connectivity index is 1.88. The Kier molecular flexibility index (Phi) is 5.86. The van der Waals surface area contributed by atoms with E-state index in [1.807, 2.05) is 65.6 Å². The van der Waals surface area contributed by atoms with E-state index in [9.17, 15) is 9.59 Å². The fraction of sp³-hybridized carbons (Fsp3) is 0.208. The quantitative estimate of drug-likeness (QED) is 0.485. The highest BCUT2D eigenvalue weighted by atomic mass is 16.5. The van der Waals surface area contributed by atoms with Gasteiger partial charge in [0.05, 0.1) is 18.8 Å². The van der Waals surface area contributed by atoms with Crippen LogP contribution in [0.5, 0.6) is 0 Å². The van der Waals surface area contributed by atoms with Crippen LogP contribution in [0.1, 0.15) is 15.9 Å². The summed E-state index contributed by atoms with van der Waals surface area (Å²) in [6, 6.07) is 19.1. The number of anilines is 1. The van der Waals surface area contributed by atoms with Crippen molar-refractivity contribution < 1.29 is 9.53 Å². The molecule has 2 aromatic carbocycles. The third kappa shape index (κ3) is 4.09. The summed E-state index contributed by atoms with van der Waals surface area (Å²) in [6.07, 6.45) is 3.28. The van der Waals surface area contributed by atoms with Gasteiger partial charge in [0.1, 0.15) is 11.4 Å². The molecular weight excluding hydrogens is 378 g/mol. The topological polar surface area (TPSA) is 64.4 Å². The largest absolute Gasteiger partial charge is 0.378 e. The Labute approximate surface area is 175 Å². The average molecular weight is 401 g/mol. The molecule has 30 heavy (non-hydrogen) atoms. The van der Waals surface area contributed by atoms with Crippen LogP contribution in [-0.4, -0.2) is 41.9 Å². The van der Waals surface area contributed by atoms with Crippen LogP contribution in [0.3, 0.4) is 0 Å². The molecule has 152 valence electrons. The maximum Gasteiger partial charge on any atom is 0.290 e. The van der Waals surface area contributed by atoms with Gasteiger partial charge in [0.25, 0.3) is 5.56 Å². The second kappa shape index (κ2) is 8.88. The molecule has 1 aromatic heterocycles. The molecule has 3 aromatic rings. The van der Waals surface area contributed by atoms with Gasteiger partial charge >= 0.3 is 0 Å². The molecule has 6 heteroatoms. The first-order chi connectivity index (χ1) is 14.6. The van der Waals surface area contributed by atoms with Crippen molar-refractivity contribution in [3.8, 4) is 11.3 Å². The smallest absolute Gasteiger partial charge is 0.290 e. The van der Waals surface area contributed by atoms with E-state index >= 15 is 0 Å². The monoisotopic (exact) mass is 401 g/mol. The molecule has 2 heterocycles. The van der Waals surface area contributed by atoms with E-state index in [1.165, 1.54) is 10.8 Å². The predicted octanol–water partition coefficient (Wildman–Crippen LogP) is 3.18. The SMILES string of the molecule is Cn1nc(-c2ccccc2)c(C(=O)/C=C\c2ccccc2)c(N2CCOCC2)c1=O. The van der Waals surface area contributed by atoms with Gasteiger partial charge in [-0.3, -0.25) is 9.59 Å². The summed E-state index contributed by atoms with van der Waals surface area (Å²) in [5.41, 5.74) is 2.64. The number of aryl methyl sites for hydroxylation is 1. The number of aromatic nitrogens is 2. The van der Waals surface area contributed by atoms with Gasteiger partial charge in [0, 0.05) is 25.7 Å². The Morgan fingerprint density at radius 1 is 1.00 bits per heavy atom. The number of ether oxygens (including phenoxy) is 1. The summed E-state index contributed by atoms with van der Waals surface area (Å²) >= 11 is 0. The van der Waals surface area contributed by atoms with Crippen LogP contribution in [0.25, 0.3) is 17.3 Å². The van der Waals surface area contributed by atoms with Crippen molar-refractivity contribution in [3.63, 3.8) is 0 Å². The van der Waals surface area contributed by atoms with Gasteiger partial charge in [0.15, 0.2) is 5.78 Å². The predicted molar refractivity (Wildman–Crippen MR) is 118 cm³/mol. The summed E-state index contributed by atoms with van der Waals surface area (Å²) in [7, 11) is 1.62. The van der Waals surface area contributed by atoms with E-state index < -0.39 is 0 Å². The number of rotatable bonds is 5. The summed E-state index contributed by atoms with van der Waals surface area (Å²) < 4.78 is 6.76. The van der Waals surface area contributed by atoms with Gasteiger partial charge in [-0.25, -0.2) is 4.68 Å².